The normalized spacial score (nSPS) is 10.4. The second-order valence-corrected chi connectivity index (χ2v) is 4.04. The van der Waals surface area contributed by atoms with Crippen molar-refractivity contribution >= 4 is 23.6 Å². The van der Waals surface area contributed by atoms with Crippen LogP contribution in [0.4, 0.5) is 17.6 Å². The maximum atomic E-state index is 11.5. The standard InChI is InChI=1S/C11H19N5O2/c1-4-18-10(17)6-16(7(2)3)9-5-8(12)14-11(13)15-9/h5,7H,4,6H2,1-3H3,(H4,12,13,14,15). The van der Waals surface area contributed by atoms with E-state index in [4.69, 9.17) is 16.2 Å². The molecule has 1 rings (SSSR count). The first-order chi connectivity index (χ1) is 8.43. The average Bonchev–Trinajstić information content (AvgIpc) is 2.24. The van der Waals surface area contributed by atoms with E-state index in [1.807, 2.05) is 13.8 Å². The molecule has 1 heterocycles. The van der Waals surface area contributed by atoms with Crippen molar-refractivity contribution in [2.75, 3.05) is 29.5 Å². The van der Waals surface area contributed by atoms with E-state index < -0.39 is 0 Å². The summed E-state index contributed by atoms with van der Waals surface area (Å²) in [6.07, 6.45) is 0. The Morgan fingerprint density at radius 1 is 1.44 bits per heavy atom. The van der Waals surface area contributed by atoms with Crippen LogP contribution in [0.3, 0.4) is 0 Å². The smallest absolute Gasteiger partial charge is 0.325 e. The zero-order valence-electron chi connectivity index (χ0n) is 10.9. The van der Waals surface area contributed by atoms with Crippen molar-refractivity contribution in [2.45, 2.75) is 26.8 Å². The lowest BCUT2D eigenvalue weighted by Gasteiger charge is -2.26. The molecule has 0 unspecified atom stereocenters. The fourth-order valence-corrected chi connectivity index (χ4v) is 1.49. The van der Waals surface area contributed by atoms with Gasteiger partial charge in [0, 0.05) is 12.1 Å². The third-order valence-electron chi connectivity index (χ3n) is 2.27. The van der Waals surface area contributed by atoms with Gasteiger partial charge < -0.3 is 21.1 Å². The van der Waals surface area contributed by atoms with Crippen LogP contribution in [-0.2, 0) is 9.53 Å². The molecule has 100 valence electrons. The van der Waals surface area contributed by atoms with Crippen molar-refractivity contribution in [3.05, 3.63) is 6.07 Å². The number of hydrogen-bond acceptors (Lipinski definition) is 7. The van der Waals surface area contributed by atoms with Crippen LogP contribution in [0.25, 0.3) is 0 Å². The minimum absolute atomic E-state index is 0.0584. The van der Waals surface area contributed by atoms with E-state index in [0.717, 1.165) is 0 Å². The highest BCUT2D eigenvalue weighted by molar-refractivity contribution is 5.75. The number of esters is 1. The van der Waals surface area contributed by atoms with Crippen molar-refractivity contribution in [3.8, 4) is 0 Å². The molecule has 0 spiro atoms. The van der Waals surface area contributed by atoms with Crippen molar-refractivity contribution in [1.29, 1.82) is 0 Å². The molecule has 0 aliphatic carbocycles. The fraction of sp³-hybridized carbons (Fsp3) is 0.545. The van der Waals surface area contributed by atoms with Crippen molar-refractivity contribution in [1.82, 2.24) is 9.97 Å². The van der Waals surface area contributed by atoms with Gasteiger partial charge in [0.2, 0.25) is 5.95 Å². The van der Waals surface area contributed by atoms with Crippen LogP contribution >= 0.6 is 0 Å². The first-order valence-electron chi connectivity index (χ1n) is 5.76. The molecule has 0 aliphatic rings. The van der Waals surface area contributed by atoms with E-state index in [1.54, 1.807) is 17.9 Å². The van der Waals surface area contributed by atoms with Gasteiger partial charge in [0.1, 0.15) is 18.2 Å². The van der Waals surface area contributed by atoms with E-state index in [-0.39, 0.29) is 30.3 Å². The van der Waals surface area contributed by atoms with Gasteiger partial charge in [0.05, 0.1) is 6.61 Å². The van der Waals surface area contributed by atoms with E-state index in [9.17, 15) is 4.79 Å². The van der Waals surface area contributed by atoms with Gasteiger partial charge >= 0.3 is 5.97 Å². The van der Waals surface area contributed by atoms with Crippen LogP contribution in [0.5, 0.6) is 0 Å². The molecule has 7 nitrogen and oxygen atoms in total. The van der Waals surface area contributed by atoms with E-state index in [0.29, 0.717) is 12.4 Å². The molecule has 1 aromatic rings. The first kappa shape index (κ1) is 14.0. The Morgan fingerprint density at radius 3 is 2.61 bits per heavy atom. The summed E-state index contributed by atoms with van der Waals surface area (Å²) >= 11 is 0. The maximum Gasteiger partial charge on any atom is 0.325 e. The molecule has 0 fully saturated rings. The third-order valence-corrected chi connectivity index (χ3v) is 2.27. The van der Waals surface area contributed by atoms with Crippen LogP contribution in [-0.4, -0.2) is 35.1 Å². The number of nitrogens with zero attached hydrogens (tertiary/aromatic N) is 3. The summed E-state index contributed by atoms with van der Waals surface area (Å²) in [6.45, 7) is 6.08. The van der Waals surface area contributed by atoms with Crippen LogP contribution < -0.4 is 16.4 Å². The monoisotopic (exact) mass is 253 g/mol. The number of hydrogen-bond donors (Lipinski definition) is 2. The number of ether oxygens (including phenoxy) is 1. The topological polar surface area (TPSA) is 107 Å². The molecule has 0 bridgehead atoms. The van der Waals surface area contributed by atoms with E-state index in [2.05, 4.69) is 9.97 Å². The number of nitrogen functional groups attached to an aromatic ring is 2. The van der Waals surface area contributed by atoms with Crippen molar-refractivity contribution < 1.29 is 9.53 Å². The molecule has 0 saturated heterocycles. The highest BCUT2D eigenvalue weighted by atomic mass is 16.5. The first-order valence-corrected chi connectivity index (χ1v) is 5.76. The molecule has 7 heteroatoms. The van der Waals surface area contributed by atoms with Gasteiger partial charge in [0.25, 0.3) is 0 Å². The molecular formula is C11H19N5O2. The molecule has 18 heavy (non-hydrogen) atoms. The Balaban J connectivity index is 2.93. The highest BCUT2D eigenvalue weighted by Crippen LogP contribution is 2.17. The molecule has 4 N–H and O–H groups in total. The second kappa shape index (κ2) is 6.04. The SMILES string of the molecule is CCOC(=O)CN(c1cc(N)nc(N)n1)C(C)C. The quantitative estimate of drug-likeness (QED) is 0.732. The Kier molecular flexibility index (Phi) is 4.70. The molecule has 1 aromatic heterocycles. The molecule has 0 radical (unpaired) electrons. The third kappa shape index (κ3) is 3.76. The molecule has 0 aromatic carbocycles. The van der Waals surface area contributed by atoms with Gasteiger partial charge in [-0.2, -0.15) is 9.97 Å². The van der Waals surface area contributed by atoms with Crippen molar-refractivity contribution in [2.24, 2.45) is 0 Å². The molecular weight excluding hydrogens is 234 g/mol. The Morgan fingerprint density at radius 2 is 2.11 bits per heavy atom. The summed E-state index contributed by atoms with van der Waals surface area (Å²) in [5, 5.41) is 0. The maximum absolute atomic E-state index is 11.5. The molecule has 0 amide bonds. The lowest BCUT2D eigenvalue weighted by atomic mass is 10.3. The van der Waals surface area contributed by atoms with Gasteiger partial charge in [-0.05, 0) is 20.8 Å². The van der Waals surface area contributed by atoms with Gasteiger partial charge in [0.15, 0.2) is 0 Å². The molecule has 0 atom stereocenters. The molecule has 0 aliphatic heterocycles. The second-order valence-electron chi connectivity index (χ2n) is 4.04. The Hall–Kier alpha value is -2.05. The van der Waals surface area contributed by atoms with Crippen LogP contribution in [0.1, 0.15) is 20.8 Å². The summed E-state index contributed by atoms with van der Waals surface area (Å²) in [5.41, 5.74) is 11.2. The number of rotatable bonds is 5. The van der Waals surface area contributed by atoms with Gasteiger partial charge in [-0.1, -0.05) is 0 Å². The van der Waals surface area contributed by atoms with Gasteiger partial charge in [-0.3, -0.25) is 4.79 Å². The predicted octanol–water partition coefficient (Wildman–Crippen LogP) is 0.419. The number of anilines is 3. The number of aromatic nitrogens is 2. The van der Waals surface area contributed by atoms with Gasteiger partial charge in [-0.25, -0.2) is 0 Å². The number of carbonyl (C=O) groups is 1. The van der Waals surface area contributed by atoms with E-state index >= 15 is 0 Å². The summed E-state index contributed by atoms with van der Waals surface area (Å²) in [7, 11) is 0. The van der Waals surface area contributed by atoms with Crippen molar-refractivity contribution in [3.63, 3.8) is 0 Å². The summed E-state index contributed by atoms with van der Waals surface area (Å²) < 4.78 is 4.92. The lowest BCUT2D eigenvalue weighted by molar-refractivity contribution is -0.141. The Labute approximate surface area is 106 Å². The van der Waals surface area contributed by atoms with Gasteiger partial charge in [-0.15, -0.1) is 0 Å². The summed E-state index contributed by atoms with van der Waals surface area (Å²) in [5.74, 6) is 0.552. The van der Waals surface area contributed by atoms with Crippen LogP contribution in [0.15, 0.2) is 6.07 Å². The summed E-state index contributed by atoms with van der Waals surface area (Å²) in [6, 6.07) is 1.64. The average molecular weight is 253 g/mol. The number of carbonyl (C=O) groups excluding carboxylic acids is 1. The summed E-state index contributed by atoms with van der Waals surface area (Å²) in [4.78, 5) is 21.2. The fourth-order valence-electron chi connectivity index (χ4n) is 1.49. The minimum atomic E-state index is -0.318. The number of nitrogens with two attached hydrogens (primary N) is 2. The highest BCUT2D eigenvalue weighted by Gasteiger charge is 2.17. The van der Waals surface area contributed by atoms with E-state index in [1.165, 1.54) is 0 Å². The zero-order chi connectivity index (χ0) is 13.7. The molecule has 0 saturated carbocycles. The Bertz CT molecular complexity index is 402. The largest absolute Gasteiger partial charge is 0.465 e. The van der Waals surface area contributed by atoms with Crippen LogP contribution in [0.2, 0.25) is 0 Å². The lowest BCUT2D eigenvalue weighted by Crippen LogP contribution is -2.37. The minimum Gasteiger partial charge on any atom is -0.465 e. The predicted molar refractivity (Wildman–Crippen MR) is 70.0 cm³/mol. The van der Waals surface area contributed by atoms with Crippen LogP contribution in [0, 0.1) is 0 Å². The zero-order valence-corrected chi connectivity index (χ0v) is 10.9.